The van der Waals surface area contributed by atoms with Gasteiger partial charge < -0.3 is 5.32 Å². The molecule has 2 rings (SSSR count). The maximum atomic E-state index is 12.0. The number of rotatable bonds is 5. The van der Waals surface area contributed by atoms with Gasteiger partial charge >= 0.3 is 0 Å². The molecular weight excluding hydrogens is 298 g/mol. The molecular formula is C14H18ClNO3S. The van der Waals surface area contributed by atoms with Gasteiger partial charge in [0, 0.05) is 16.6 Å². The van der Waals surface area contributed by atoms with Crippen LogP contribution in [0.4, 0.5) is 0 Å². The smallest absolute Gasteiger partial charge is 0.261 e. The molecule has 0 saturated heterocycles. The fraction of sp³-hybridized carbons (Fsp3) is 0.500. The lowest BCUT2D eigenvalue weighted by Crippen LogP contribution is -2.32. The molecule has 0 bridgehead atoms. The van der Waals surface area contributed by atoms with E-state index in [2.05, 4.69) is 5.32 Å². The third-order valence-corrected chi connectivity index (χ3v) is 5.13. The summed E-state index contributed by atoms with van der Waals surface area (Å²) in [6, 6.07) is 6.08. The number of halogens is 1. The Morgan fingerprint density at radius 2 is 1.80 bits per heavy atom. The van der Waals surface area contributed by atoms with Gasteiger partial charge in [-0.25, -0.2) is 8.42 Å². The first-order chi connectivity index (χ1) is 9.29. The second-order valence-electron chi connectivity index (χ2n) is 5.36. The number of hydrogen-bond acceptors (Lipinski definition) is 3. The largest absolute Gasteiger partial charge is 0.349 e. The minimum absolute atomic E-state index is 0.0416. The molecule has 1 N–H and O–H groups in total. The highest BCUT2D eigenvalue weighted by Gasteiger charge is 2.33. The van der Waals surface area contributed by atoms with E-state index < -0.39 is 9.05 Å². The number of carbonyl (C=O) groups is 1. The van der Waals surface area contributed by atoms with Crippen molar-refractivity contribution >= 4 is 25.6 Å². The third kappa shape index (κ3) is 3.73. The van der Waals surface area contributed by atoms with Crippen LogP contribution in [0.5, 0.6) is 0 Å². The highest BCUT2D eigenvalue weighted by atomic mass is 35.7. The lowest BCUT2D eigenvalue weighted by molar-refractivity contribution is -0.125. The van der Waals surface area contributed by atoms with Crippen LogP contribution in [0.2, 0.25) is 0 Å². The van der Waals surface area contributed by atoms with E-state index in [0.717, 1.165) is 18.4 Å². The molecule has 0 spiro atoms. The highest BCUT2D eigenvalue weighted by Crippen LogP contribution is 2.36. The normalized spacial score (nSPS) is 18.4. The Hall–Kier alpha value is -1.07. The Bertz CT molecular complexity index is 593. The number of nitrogens with one attached hydrogen (secondary N) is 1. The monoisotopic (exact) mass is 315 g/mol. The Morgan fingerprint density at radius 1 is 1.25 bits per heavy atom. The van der Waals surface area contributed by atoms with Crippen LogP contribution in [0.1, 0.15) is 38.3 Å². The van der Waals surface area contributed by atoms with Crippen molar-refractivity contribution in [2.75, 3.05) is 0 Å². The molecule has 2 atom stereocenters. The zero-order valence-electron chi connectivity index (χ0n) is 11.5. The molecule has 20 heavy (non-hydrogen) atoms. The summed E-state index contributed by atoms with van der Waals surface area (Å²) in [5.41, 5.74) is 0.852. The predicted molar refractivity (Wildman–Crippen MR) is 77.9 cm³/mol. The van der Waals surface area contributed by atoms with Gasteiger partial charge in [0.25, 0.3) is 9.05 Å². The van der Waals surface area contributed by atoms with Gasteiger partial charge in [-0.3, -0.25) is 4.79 Å². The Balaban J connectivity index is 2.02. The fourth-order valence-electron chi connectivity index (χ4n) is 2.16. The van der Waals surface area contributed by atoms with Crippen LogP contribution in [-0.4, -0.2) is 14.3 Å². The summed E-state index contributed by atoms with van der Waals surface area (Å²) in [5.74, 6) is 0.611. The van der Waals surface area contributed by atoms with Crippen molar-refractivity contribution in [1.82, 2.24) is 5.32 Å². The lowest BCUT2D eigenvalue weighted by atomic mass is 10.0. The summed E-state index contributed by atoms with van der Waals surface area (Å²) in [6.07, 6.45) is 2.26. The fourth-order valence-corrected chi connectivity index (χ4v) is 2.93. The van der Waals surface area contributed by atoms with Gasteiger partial charge in [-0.15, -0.1) is 0 Å². The summed E-state index contributed by atoms with van der Waals surface area (Å²) in [6.45, 7) is 3.82. The van der Waals surface area contributed by atoms with Gasteiger partial charge in [-0.2, -0.15) is 0 Å². The summed E-state index contributed by atoms with van der Waals surface area (Å²) in [7, 11) is 1.56. The molecule has 2 unspecified atom stereocenters. The molecule has 1 aliphatic carbocycles. The average molecular weight is 316 g/mol. The van der Waals surface area contributed by atoms with E-state index in [-0.39, 0.29) is 22.8 Å². The van der Waals surface area contributed by atoms with Gasteiger partial charge in [-0.05, 0) is 43.4 Å². The lowest BCUT2D eigenvalue weighted by Gasteiger charge is -2.17. The average Bonchev–Trinajstić information content (AvgIpc) is 3.21. The molecule has 1 aromatic carbocycles. The van der Waals surface area contributed by atoms with E-state index >= 15 is 0 Å². The maximum Gasteiger partial charge on any atom is 0.261 e. The number of amides is 1. The second-order valence-corrected chi connectivity index (χ2v) is 7.93. The van der Waals surface area contributed by atoms with Crippen LogP contribution in [0.15, 0.2) is 29.2 Å². The highest BCUT2D eigenvalue weighted by molar-refractivity contribution is 8.13. The van der Waals surface area contributed by atoms with Crippen LogP contribution in [-0.2, 0) is 13.8 Å². The van der Waals surface area contributed by atoms with Gasteiger partial charge in [-0.1, -0.05) is 19.1 Å². The molecule has 1 aliphatic rings. The van der Waals surface area contributed by atoms with Gasteiger partial charge in [0.05, 0.1) is 10.9 Å². The molecule has 1 amide bonds. The van der Waals surface area contributed by atoms with Crippen LogP contribution in [0, 0.1) is 11.8 Å². The van der Waals surface area contributed by atoms with Crippen molar-refractivity contribution in [2.45, 2.75) is 37.6 Å². The SMILES string of the molecule is CC(NC(=O)C(C)C1CC1)c1ccc(S(=O)(=O)Cl)cc1. The van der Waals surface area contributed by atoms with E-state index in [4.69, 9.17) is 10.7 Å². The van der Waals surface area contributed by atoms with E-state index in [1.54, 1.807) is 12.1 Å². The minimum Gasteiger partial charge on any atom is -0.349 e. The van der Waals surface area contributed by atoms with Crippen LogP contribution < -0.4 is 5.32 Å². The predicted octanol–water partition coefficient (Wildman–Crippen LogP) is 2.84. The molecule has 6 heteroatoms. The first-order valence-corrected chi connectivity index (χ1v) is 8.95. The van der Waals surface area contributed by atoms with Gasteiger partial charge in [0.1, 0.15) is 0 Å². The topological polar surface area (TPSA) is 63.2 Å². The number of carbonyl (C=O) groups excluding carboxylic acids is 1. The van der Waals surface area contributed by atoms with Crippen LogP contribution in [0.25, 0.3) is 0 Å². The van der Waals surface area contributed by atoms with E-state index in [9.17, 15) is 13.2 Å². The van der Waals surface area contributed by atoms with E-state index in [0.29, 0.717) is 5.92 Å². The zero-order chi connectivity index (χ0) is 14.9. The van der Waals surface area contributed by atoms with E-state index in [1.807, 2.05) is 13.8 Å². The molecule has 0 aliphatic heterocycles. The second kappa shape index (κ2) is 5.74. The molecule has 110 valence electrons. The van der Waals surface area contributed by atoms with Crippen molar-refractivity contribution in [3.05, 3.63) is 29.8 Å². The molecule has 0 heterocycles. The van der Waals surface area contributed by atoms with Crippen molar-refractivity contribution in [3.63, 3.8) is 0 Å². The summed E-state index contributed by atoms with van der Waals surface area (Å²) in [5, 5.41) is 2.95. The first-order valence-electron chi connectivity index (χ1n) is 6.64. The quantitative estimate of drug-likeness (QED) is 0.850. The molecule has 1 saturated carbocycles. The van der Waals surface area contributed by atoms with Crippen molar-refractivity contribution in [3.8, 4) is 0 Å². The Kier molecular flexibility index (Phi) is 4.39. The van der Waals surface area contributed by atoms with Crippen LogP contribution >= 0.6 is 10.7 Å². The third-order valence-electron chi connectivity index (χ3n) is 3.76. The van der Waals surface area contributed by atoms with Crippen molar-refractivity contribution in [1.29, 1.82) is 0 Å². The Morgan fingerprint density at radius 3 is 2.25 bits per heavy atom. The molecule has 1 aromatic rings. The van der Waals surface area contributed by atoms with Crippen molar-refractivity contribution in [2.24, 2.45) is 11.8 Å². The minimum atomic E-state index is -3.70. The maximum absolute atomic E-state index is 12.0. The number of benzene rings is 1. The first kappa shape index (κ1) is 15.3. The van der Waals surface area contributed by atoms with Gasteiger partial charge in [0.15, 0.2) is 0 Å². The van der Waals surface area contributed by atoms with Crippen LogP contribution in [0.3, 0.4) is 0 Å². The molecule has 0 aromatic heterocycles. The molecule has 4 nitrogen and oxygen atoms in total. The molecule has 1 fully saturated rings. The zero-order valence-corrected chi connectivity index (χ0v) is 13.0. The summed E-state index contributed by atoms with van der Waals surface area (Å²) < 4.78 is 22.3. The van der Waals surface area contributed by atoms with Crippen molar-refractivity contribution < 1.29 is 13.2 Å². The van der Waals surface area contributed by atoms with Gasteiger partial charge in [0.2, 0.25) is 5.91 Å². The number of hydrogen-bond donors (Lipinski definition) is 1. The van der Waals surface area contributed by atoms with E-state index in [1.165, 1.54) is 12.1 Å². The Labute approximate surface area is 123 Å². The summed E-state index contributed by atoms with van der Waals surface area (Å²) >= 11 is 0. The molecule has 0 radical (unpaired) electrons. The standard InChI is InChI=1S/C14H18ClNO3S/c1-9(11-3-4-11)14(17)16-10(2)12-5-7-13(8-6-12)20(15,18)19/h5-11H,3-4H2,1-2H3,(H,16,17). The summed E-state index contributed by atoms with van der Waals surface area (Å²) in [4.78, 5) is 12.1.